The van der Waals surface area contributed by atoms with E-state index < -0.39 is 5.97 Å². The van der Waals surface area contributed by atoms with E-state index >= 15 is 0 Å². The Balaban J connectivity index is 1.69. The Morgan fingerprint density at radius 3 is 2.54 bits per heavy atom. The van der Waals surface area contributed by atoms with Gasteiger partial charge in [-0.15, -0.1) is 0 Å². The molecule has 1 N–H and O–H groups in total. The van der Waals surface area contributed by atoms with Crippen molar-refractivity contribution in [3.05, 3.63) is 54.0 Å². The first-order valence-corrected chi connectivity index (χ1v) is 11.6. The molecule has 2 heterocycles. The highest BCUT2D eigenvalue weighted by atomic mass is 16.6. The van der Waals surface area contributed by atoms with Crippen molar-refractivity contribution in [1.29, 1.82) is 0 Å². The number of esters is 1. The highest BCUT2D eigenvalue weighted by Crippen LogP contribution is 2.37. The number of ether oxygens (including phenoxy) is 3. The van der Waals surface area contributed by atoms with Crippen LogP contribution in [-0.2, 0) is 16.0 Å². The van der Waals surface area contributed by atoms with Gasteiger partial charge in [-0.1, -0.05) is 26.8 Å². The molecule has 186 valence electrons. The Hall–Kier alpha value is -3.88. The average molecular weight is 481 g/mol. The van der Waals surface area contributed by atoms with E-state index in [0.717, 1.165) is 24.1 Å². The molecule has 0 bridgehead atoms. The van der Waals surface area contributed by atoms with Gasteiger partial charge in [-0.05, 0) is 48.6 Å². The zero-order valence-corrected chi connectivity index (χ0v) is 20.8. The van der Waals surface area contributed by atoms with Gasteiger partial charge in [0.15, 0.2) is 17.3 Å². The van der Waals surface area contributed by atoms with Gasteiger partial charge in [0.2, 0.25) is 11.7 Å². The molecule has 0 saturated heterocycles. The van der Waals surface area contributed by atoms with Crippen LogP contribution < -0.4 is 19.5 Å². The van der Waals surface area contributed by atoms with Crippen LogP contribution in [0.1, 0.15) is 57.7 Å². The largest absolute Gasteiger partial charge is 0.493 e. The number of benzene rings is 1. The summed E-state index contributed by atoms with van der Waals surface area (Å²) in [4.78, 5) is 27.5. The molecule has 0 aliphatic carbocycles. The summed E-state index contributed by atoms with van der Waals surface area (Å²) in [5.74, 6) is 1.67. The zero-order valence-electron chi connectivity index (χ0n) is 20.8. The van der Waals surface area contributed by atoms with Crippen molar-refractivity contribution in [2.24, 2.45) is 0 Å². The van der Waals surface area contributed by atoms with Crippen LogP contribution in [0.25, 0.3) is 5.82 Å². The molecule has 9 nitrogen and oxygen atoms in total. The van der Waals surface area contributed by atoms with E-state index in [4.69, 9.17) is 19.3 Å². The van der Waals surface area contributed by atoms with Gasteiger partial charge in [0.1, 0.15) is 0 Å². The number of aryl methyl sites for hydroxylation is 1. The van der Waals surface area contributed by atoms with Crippen LogP contribution in [0, 0.1) is 0 Å². The summed E-state index contributed by atoms with van der Waals surface area (Å²) in [6.45, 7) is 7.75. The summed E-state index contributed by atoms with van der Waals surface area (Å²) in [7, 11) is 1.54. The molecule has 0 fully saturated rings. The Bertz CT molecular complexity index is 1160. The highest BCUT2D eigenvalue weighted by molar-refractivity contribution is 5.90. The van der Waals surface area contributed by atoms with Gasteiger partial charge >= 0.3 is 5.97 Å². The summed E-state index contributed by atoms with van der Waals surface area (Å²) in [5.41, 5.74) is 2.75. The van der Waals surface area contributed by atoms with E-state index in [1.54, 1.807) is 43.1 Å². The number of para-hydroxylation sites is 1. The van der Waals surface area contributed by atoms with Crippen molar-refractivity contribution in [3.63, 3.8) is 0 Å². The number of anilines is 1. The smallest absolute Gasteiger partial charge is 0.308 e. The Morgan fingerprint density at radius 1 is 1.14 bits per heavy atom. The van der Waals surface area contributed by atoms with Gasteiger partial charge in [0.05, 0.1) is 31.3 Å². The minimum absolute atomic E-state index is 0.0571. The molecule has 9 heteroatoms. The molecule has 0 radical (unpaired) electrons. The van der Waals surface area contributed by atoms with Crippen LogP contribution in [0.4, 0.5) is 5.69 Å². The van der Waals surface area contributed by atoms with Gasteiger partial charge in [0, 0.05) is 19.5 Å². The number of carbonyl (C=O) groups excluding carboxylic acids is 2. The topological polar surface area (TPSA) is 105 Å². The van der Waals surface area contributed by atoms with E-state index in [1.165, 1.54) is 6.92 Å². The third-order valence-corrected chi connectivity index (χ3v) is 5.21. The molecule has 0 spiro atoms. The van der Waals surface area contributed by atoms with E-state index in [-0.39, 0.29) is 11.8 Å². The van der Waals surface area contributed by atoms with Crippen LogP contribution >= 0.6 is 0 Å². The van der Waals surface area contributed by atoms with Crippen molar-refractivity contribution in [2.75, 3.05) is 19.0 Å². The number of methoxy groups -OCH3 is 1. The van der Waals surface area contributed by atoms with E-state index in [1.807, 2.05) is 18.3 Å². The number of aromatic nitrogens is 3. The van der Waals surface area contributed by atoms with Gasteiger partial charge in [-0.2, -0.15) is 5.10 Å². The lowest BCUT2D eigenvalue weighted by Gasteiger charge is -2.14. The molecule has 2 aromatic heterocycles. The first-order chi connectivity index (χ1) is 16.8. The number of nitrogens with zero attached hydrogens (tertiary/aromatic N) is 3. The second-order valence-electron chi connectivity index (χ2n) is 8.28. The minimum atomic E-state index is -0.425. The Labute approximate surface area is 205 Å². The monoisotopic (exact) mass is 480 g/mol. The molecule has 0 aliphatic rings. The molecule has 0 atom stereocenters. The second kappa shape index (κ2) is 12.0. The fraction of sp³-hybridized carbons (Fsp3) is 0.385. The number of rotatable bonds is 11. The molecule has 3 rings (SSSR count). The number of amides is 1. The number of hydrogen-bond donors (Lipinski definition) is 1. The van der Waals surface area contributed by atoms with Gasteiger partial charge < -0.3 is 19.5 Å². The molecule has 1 amide bonds. The second-order valence-corrected chi connectivity index (χ2v) is 8.28. The number of hydrogen-bond acceptors (Lipinski definition) is 7. The normalized spacial score (nSPS) is 10.8. The summed E-state index contributed by atoms with van der Waals surface area (Å²) < 4.78 is 18.3. The predicted molar refractivity (Wildman–Crippen MR) is 132 cm³/mol. The first kappa shape index (κ1) is 25.7. The summed E-state index contributed by atoms with van der Waals surface area (Å²) >= 11 is 0. The fourth-order valence-corrected chi connectivity index (χ4v) is 3.53. The third-order valence-electron chi connectivity index (χ3n) is 5.21. The minimum Gasteiger partial charge on any atom is -0.493 e. The van der Waals surface area contributed by atoms with Crippen LogP contribution in [0.2, 0.25) is 0 Å². The van der Waals surface area contributed by atoms with E-state index in [0.29, 0.717) is 41.8 Å². The standard InChI is InChI=1S/C26H32N4O5/c1-6-24(32)28-20-12-13-23(27-15-20)30-16-19(25(29-30)17(2)3)9-8-14-34-26-21(33-5)10-7-11-22(26)35-18(4)31/h7,10-13,15-17H,6,8-9,14H2,1-5H3,(H,28,32). The number of nitrogens with one attached hydrogen (secondary N) is 1. The van der Waals surface area contributed by atoms with Gasteiger partial charge in [-0.3, -0.25) is 9.59 Å². The van der Waals surface area contributed by atoms with Crippen molar-refractivity contribution in [2.45, 2.75) is 52.9 Å². The first-order valence-electron chi connectivity index (χ1n) is 11.6. The molecule has 0 aliphatic heterocycles. The third kappa shape index (κ3) is 6.81. The highest BCUT2D eigenvalue weighted by Gasteiger charge is 2.16. The van der Waals surface area contributed by atoms with Crippen LogP contribution in [0.3, 0.4) is 0 Å². The van der Waals surface area contributed by atoms with Crippen molar-refractivity contribution >= 4 is 17.6 Å². The van der Waals surface area contributed by atoms with E-state index in [2.05, 4.69) is 24.1 Å². The zero-order chi connectivity index (χ0) is 25.4. The molecular weight excluding hydrogens is 448 g/mol. The molecule has 3 aromatic rings. The maximum absolute atomic E-state index is 11.6. The molecular formula is C26H32N4O5. The summed E-state index contributed by atoms with van der Waals surface area (Å²) in [6, 6.07) is 8.81. The maximum atomic E-state index is 11.6. The molecule has 1 aromatic carbocycles. The summed E-state index contributed by atoms with van der Waals surface area (Å²) in [5, 5.41) is 7.54. The van der Waals surface area contributed by atoms with Gasteiger partial charge in [-0.25, -0.2) is 9.67 Å². The van der Waals surface area contributed by atoms with Crippen LogP contribution in [0.15, 0.2) is 42.7 Å². The molecule has 0 unspecified atom stereocenters. The van der Waals surface area contributed by atoms with Crippen molar-refractivity contribution in [3.8, 4) is 23.1 Å². The van der Waals surface area contributed by atoms with Crippen molar-refractivity contribution in [1.82, 2.24) is 14.8 Å². The van der Waals surface area contributed by atoms with Crippen LogP contribution in [-0.4, -0.2) is 40.4 Å². The Kier molecular flexibility index (Phi) is 8.83. The van der Waals surface area contributed by atoms with Gasteiger partial charge in [0.25, 0.3) is 0 Å². The predicted octanol–water partition coefficient (Wildman–Crippen LogP) is 4.68. The molecule has 35 heavy (non-hydrogen) atoms. The lowest BCUT2D eigenvalue weighted by molar-refractivity contribution is -0.132. The Morgan fingerprint density at radius 2 is 1.91 bits per heavy atom. The average Bonchev–Trinajstić information content (AvgIpc) is 3.27. The number of carbonyl (C=O) groups is 2. The lowest BCUT2D eigenvalue weighted by Crippen LogP contribution is -2.10. The van der Waals surface area contributed by atoms with E-state index in [9.17, 15) is 9.59 Å². The van der Waals surface area contributed by atoms with Crippen molar-refractivity contribution < 1.29 is 23.8 Å². The molecule has 0 saturated carbocycles. The quantitative estimate of drug-likeness (QED) is 0.241. The lowest BCUT2D eigenvalue weighted by atomic mass is 10.0. The fourth-order valence-electron chi connectivity index (χ4n) is 3.53. The van der Waals surface area contributed by atoms with Crippen LogP contribution in [0.5, 0.6) is 17.2 Å². The SMILES string of the molecule is CCC(=O)Nc1ccc(-n2cc(CCCOc3c(OC)cccc3OC(C)=O)c(C(C)C)n2)nc1. The summed E-state index contributed by atoms with van der Waals surface area (Å²) in [6.07, 6.45) is 5.48. The number of pyridine rings is 1. The maximum Gasteiger partial charge on any atom is 0.308 e.